The highest BCUT2D eigenvalue weighted by molar-refractivity contribution is 6.91. The van der Waals surface area contributed by atoms with Gasteiger partial charge in [0.2, 0.25) is 8.32 Å². The summed E-state index contributed by atoms with van der Waals surface area (Å²) in [5, 5.41) is 0. The molecule has 0 fully saturated rings. The fraction of sp³-hybridized carbons (Fsp3) is 0.889. The van der Waals surface area contributed by atoms with Crippen molar-refractivity contribution in [1.82, 2.24) is 0 Å². The van der Waals surface area contributed by atoms with E-state index in [1.807, 2.05) is 52.4 Å². The highest BCUT2D eigenvalue weighted by Crippen LogP contribution is 2.28. The van der Waals surface area contributed by atoms with Gasteiger partial charge in [0.15, 0.2) is 0 Å². The molecule has 0 spiro atoms. The highest BCUT2D eigenvalue weighted by Gasteiger charge is 2.48. The molecule has 0 saturated carbocycles. The van der Waals surface area contributed by atoms with Gasteiger partial charge in [-0.1, -0.05) is 6.08 Å². The van der Waals surface area contributed by atoms with Gasteiger partial charge in [0, 0.05) is 0 Å². The Labute approximate surface area is 210 Å². The van der Waals surface area contributed by atoms with Gasteiger partial charge in [0.05, 0.1) is 12.8 Å². The Balaban J connectivity index is 5.17. The lowest BCUT2D eigenvalue weighted by Crippen LogP contribution is -2.61. The van der Waals surface area contributed by atoms with Gasteiger partial charge in [-0.25, -0.2) is 0 Å². The van der Waals surface area contributed by atoms with E-state index in [1.54, 1.807) is 19.2 Å². The van der Waals surface area contributed by atoms with Crippen LogP contribution in [0.2, 0.25) is 91.7 Å². The van der Waals surface area contributed by atoms with Crippen molar-refractivity contribution < 1.29 is 34.2 Å². The fourth-order valence-electron chi connectivity index (χ4n) is 4.16. The van der Waals surface area contributed by atoms with Crippen LogP contribution in [0.5, 0.6) is 0 Å². The maximum absolute atomic E-state index is 10.2. The molecule has 0 aromatic rings. The lowest BCUT2D eigenvalue weighted by molar-refractivity contribution is 0.191. The molecule has 198 valence electrons. The van der Waals surface area contributed by atoms with E-state index in [2.05, 4.69) is 32.8 Å². The first-order chi connectivity index (χ1) is 14.3. The summed E-state index contributed by atoms with van der Waals surface area (Å²) in [4.78, 5) is 10.2. The first-order valence-electron chi connectivity index (χ1n) is 11.4. The van der Waals surface area contributed by atoms with Crippen molar-refractivity contribution in [3.05, 3.63) is 12.7 Å². The minimum absolute atomic E-state index is 0.521. The molecule has 0 heterocycles. The molecule has 33 heavy (non-hydrogen) atoms. The van der Waals surface area contributed by atoms with Crippen molar-refractivity contribution in [3.63, 3.8) is 0 Å². The third kappa shape index (κ3) is 17.1. The zero-order valence-corrected chi connectivity index (χ0v) is 30.5. The van der Waals surface area contributed by atoms with Crippen LogP contribution in [0, 0.1) is 0 Å². The van der Waals surface area contributed by atoms with E-state index >= 15 is 0 Å². The molecule has 8 nitrogen and oxygen atoms in total. The van der Waals surface area contributed by atoms with Crippen molar-refractivity contribution in [1.29, 1.82) is 0 Å². The zero-order chi connectivity index (χ0) is 26.6. The van der Waals surface area contributed by atoms with Crippen molar-refractivity contribution in [2.75, 3.05) is 12.8 Å². The number of hydrogen-bond donors (Lipinski definition) is 1. The van der Waals surface area contributed by atoms with E-state index in [-0.39, 0.29) is 0 Å². The number of ether oxygens (including phenoxy) is 1. The van der Waals surface area contributed by atoms with Gasteiger partial charge in [0.1, 0.15) is 0 Å². The quantitative estimate of drug-likeness (QED) is 0.148. The largest absolute Gasteiger partial charge is 0.435 e. The predicted octanol–water partition coefficient (Wildman–Crippen LogP) is 5.24. The first-order valence-corrected chi connectivity index (χ1v) is 31.5. The van der Waals surface area contributed by atoms with Gasteiger partial charge in [-0.3, -0.25) is 0 Å². The molecule has 0 amide bonds. The summed E-state index contributed by atoms with van der Waals surface area (Å²) in [5.41, 5.74) is 0. The van der Waals surface area contributed by atoms with Crippen LogP contribution in [0.25, 0.3) is 0 Å². The van der Waals surface area contributed by atoms with Crippen molar-refractivity contribution in [2.45, 2.75) is 91.7 Å². The molecule has 0 radical (unpaired) electrons. The van der Waals surface area contributed by atoms with Crippen LogP contribution >= 0.6 is 0 Å². The lowest BCUT2D eigenvalue weighted by Gasteiger charge is -2.43. The van der Waals surface area contributed by atoms with E-state index in [0.717, 1.165) is 0 Å². The molecule has 0 aliphatic heterocycles. The summed E-state index contributed by atoms with van der Waals surface area (Å²) in [6, 6.07) is 0. The lowest BCUT2D eigenvalue weighted by atomic mass is 10.7. The third-order valence-corrected chi connectivity index (χ3v) is 28.4. The van der Waals surface area contributed by atoms with Crippen molar-refractivity contribution in [2.24, 2.45) is 0 Å². The monoisotopic (exact) mass is 590 g/mol. The van der Waals surface area contributed by atoms with Crippen LogP contribution in [0.3, 0.4) is 0 Å². The minimum atomic E-state index is -2.70. The summed E-state index contributed by atoms with van der Waals surface area (Å²) in [5.74, 6) is 0. The smallest absolute Gasteiger partial charge is 0.320 e. The van der Waals surface area contributed by atoms with Crippen LogP contribution < -0.4 is 0 Å². The maximum atomic E-state index is 10.2. The first kappa shape index (κ1) is 33.9. The Morgan fingerprint density at radius 2 is 0.848 bits per heavy atom. The second-order valence-electron chi connectivity index (χ2n) is 11.6. The summed E-state index contributed by atoms with van der Waals surface area (Å²) in [7, 11) is -17.5. The molecule has 0 aromatic heterocycles. The average Bonchev–Trinajstić information content (AvgIpc) is 2.36. The average molecular weight is 591 g/mol. The van der Waals surface area contributed by atoms with E-state index in [0.29, 0.717) is 12.8 Å². The SMILES string of the molecule is C=CCOC[Si](C)(C)O[Si](C)(C)O[Si](C)(C)O[Si](C)(C)O[Si](C)(C)O[Si](C)(C)O[Si](C)(C)O. The normalized spacial score (nSPS) is 15.1. The molecule has 1 N–H and O–H groups in total. The van der Waals surface area contributed by atoms with Gasteiger partial charge >= 0.3 is 51.4 Å². The molecule has 0 aliphatic rings. The summed E-state index contributed by atoms with van der Waals surface area (Å²) < 4.78 is 44.1. The Kier molecular flexibility index (Phi) is 12.3. The Hall–Kier alpha value is 0.938. The second-order valence-corrected chi connectivity index (χ2v) is 37.2. The van der Waals surface area contributed by atoms with Gasteiger partial charge in [-0.2, -0.15) is 0 Å². The molecule has 0 rings (SSSR count). The van der Waals surface area contributed by atoms with Gasteiger partial charge < -0.3 is 34.2 Å². The van der Waals surface area contributed by atoms with E-state index < -0.39 is 59.7 Å². The zero-order valence-electron chi connectivity index (χ0n) is 23.5. The van der Waals surface area contributed by atoms with Gasteiger partial charge in [0.25, 0.3) is 0 Å². The Morgan fingerprint density at radius 3 is 1.15 bits per heavy atom. The maximum Gasteiger partial charge on any atom is 0.320 e. The van der Waals surface area contributed by atoms with E-state index in [1.165, 1.54) is 0 Å². The van der Waals surface area contributed by atoms with Crippen LogP contribution in [0.1, 0.15) is 0 Å². The van der Waals surface area contributed by atoms with Gasteiger partial charge in [-0.05, 0) is 91.7 Å². The minimum Gasteiger partial charge on any atom is -0.435 e. The summed E-state index contributed by atoms with van der Waals surface area (Å²) >= 11 is 0. The Bertz CT molecular complexity index is 634. The second kappa shape index (κ2) is 12.0. The van der Waals surface area contributed by atoms with Crippen LogP contribution in [0.15, 0.2) is 12.7 Å². The highest BCUT2D eigenvalue weighted by atomic mass is 28.5. The van der Waals surface area contributed by atoms with Gasteiger partial charge in [-0.15, -0.1) is 6.58 Å². The fourth-order valence-corrected chi connectivity index (χ4v) is 36.8. The molecule has 0 aliphatic carbocycles. The standard InChI is InChI=1S/C18H50O8Si7/c1-16-17-20-18-27(2,3)21-29(6,7)23-31(10,11)25-33(14,15)26-32(12,13)24-30(8,9)22-28(4,5)19/h16,19H,1,17-18H2,2-15H3. The van der Waals surface area contributed by atoms with Crippen LogP contribution in [-0.2, 0) is 29.4 Å². The van der Waals surface area contributed by atoms with Crippen LogP contribution in [-0.4, -0.2) is 77.3 Å². The summed E-state index contributed by atoms with van der Waals surface area (Å²) in [6.07, 6.45) is 2.34. The molecule has 0 bridgehead atoms. The van der Waals surface area contributed by atoms with E-state index in [9.17, 15) is 4.80 Å². The van der Waals surface area contributed by atoms with Crippen molar-refractivity contribution >= 4 is 59.7 Å². The number of hydrogen-bond acceptors (Lipinski definition) is 8. The molecule has 0 unspecified atom stereocenters. The molecular weight excluding hydrogens is 541 g/mol. The molecule has 0 saturated heterocycles. The topological polar surface area (TPSA) is 84.8 Å². The van der Waals surface area contributed by atoms with Crippen LogP contribution in [0.4, 0.5) is 0 Å². The molecular formula is C18H50O8Si7. The van der Waals surface area contributed by atoms with Crippen molar-refractivity contribution in [3.8, 4) is 0 Å². The predicted molar refractivity (Wildman–Crippen MR) is 152 cm³/mol. The molecule has 0 atom stereocenters. The molecule has 15 heteroatoms. The van der Waals surface area contributed by atoms with E-state index in [4.69, 9.17) is 29.4 Å². The number of rotatable bonds is 16. The third-order valence-electron chi connectivity index (χ3n) is 3.67. The summed E-state index contributed by atoms with van der Waals surface area (Å²) in [6.45, 7) is 32.2. The Morgan fingerprint density at radius 1 is 0.545 bits per heavy atom. The molecule has 0 aromatic carbocycles.